The average Bonchev–Trinajstić information content (AvgIpc) is 3.49. The maximum Gasteiger partial charge on any atom is 0.258 e. The van der Waals surface area contributed by atoms with Gasteiger partial charge in [-0.25, -0.2) is 24.6 Å². The highest BCUT2D eigenvalue weighted by molar-refractivity contribution is 5.52. The lowest BCUT2D eigenvalue weighted by Crippen LogP contribution is -2.19. The van der Waals surface area contributed by atoms with Gasteiger partial charge in [0.2, 0.25) is 11.6 Å². The third-order valence-corrected chi connectivity index (χ3v) is 6.59. The van der Waals surface area contributed by atoms with E-state index in [9.17, 15) is 0 Å². The second-order valence-corrected chi connectivity index (χ2v) is 9.33. The number of methoxy groups -OCH3 is 2. The molecule has 3 aromatic heterocycles. The third-order valence-electron chi connectivity index (χ3n) is 6.59. The van der Waals surface area contributed by atoms with Gasteiger partial charge in [-0.2, -0.15) is 0 Å². The maximum absolute atomic E-state index is 5.66. The summed E-state index contributed by atoms with van der Waals surface area (Å²) in [4.78, 5) is 18.5. The van der Waals surface area contributed by atoms with Crippen LogP contribution < -0.4 is 9.47 Å². The second kappa shape index (κ2) is 9.13. The first-order chi connectivity index (χ1) is 16.9. The predicted octanol–water partition coefficient (Wildman–Crippen LogP) is 4.60. The van der Waals surface area contributed by atoms with Crippen LogP contribution >= 0.6 is 0 Å². The van der Waals surface area contributed by atoms with E-state index >= 15 is 0 Å². The molecule has 0 N–H and O–H groups in total. The molecule has 0 bridgehead atoms. The highest BCUT2D eigenvalue weighted by Crippen LogP contribution is 2.39. The Hall–Kier alpha value is -3.75. The van der Waals surface area contributed by atoms with Crippen molar-refractivity contribution in [2.45, 2.75) is 58.9 Å². The molecule has 1 aliphatic rings. The van der Waals surface area contributed by atoms with E-state index in [0.717, 1.165) is 36.7 Å². The molecule has 0 saturated heterocycles. The van der Waals surface area contributed by atoms with Crippen molar-refractivity contribution >= 4 is 0 Å². The molecule has 1 atom stereocenters. The molecule has 9 heteroatoms. The Balaban J connectivity index is 1.54. The van der Waals surface area contributed by atoms with E-state index < -0.39 is 0 Å². The zero-order valence-corrected chi connectivity index (χ0v) is 21.1. The number of aromatic nitrogens is 7. The zero-order valence-electron chi connectivity index (χ0n) is 21.1. The molecule has 1 aliphatic heterocycles. The van der Waals surface area contributed by atoms with Gasteiger partial charge >= 0.3 is 0 Å². The monoisotopic (exact) mass is 473 g/mol. The summed E-state index contributed by atoms with van der Waals surface area (Å²) in [5, 5.41) is 4.80. The molecular weight excluding hydrogens is 442 g/mol. The summed E-state index contributed by atoms with van der Waals surface area (Å²) >= 11 is 0. The number of rotatable bonds is 6. The molecular formula is C26H31N7O2. The summed E-state index contributed by atoms with van der Waals surface area (Å²) in [6, 6.07) is 4.44. The van der Waals surface area contributed by atoms with Crippen molar-refractivity contribution < 1.29 is 9.47 Å². The van der Waals surface area contributed by atoms with Crippen molar-refractivity contribution in [3.63, 3.8) is 0 Å². The van der Waals surface area contributed by atoms with Gasteiger partial charge in [-0.05, 0) is 55.4 Å². The van der Waals surface area contributed by atoms with Crippen LogP contribution in [-0.4, -0.2) is 48.5 Å². The predicted molar refractivity (Wildman–Crippen MR) is 132 cm³/mol. The zero-order chi connectivity index (χ0) is 24.7. The van der Waals surface area contributed by atoms with Gasteiger partial charge in [-0.1, -0.05) is 19.9 Å². The van der Waals surface area contributed by atoms with E-state index in [1.54, 1.807) is 31.3 Å². The quantitative estimate of drug-likeness (QED) is 0.404. The Morgan fingerprint density at radius 1 is 1.06 bits per heavy atom. The van der Waals surface area contributed by atoms with Gasteiger partial charge in [0.25, 0.3) is 5.88 Å². The van der Waals surface area contributed by atoms with Crippen LogP contribution in [0.3, 0.4) is 0 Å². The topological polar surface area (TPSA) is 92.8 Å². The van der Waals surface area contributed by atoms with Crippen LogP contribution in [0.1, 0.15) is 66.7 Å². The fourth-order valence-electron chi connectivity index (χ4n) is 4.80. The van der Waals surface area contributed by atoms with Crippen LogP contribution in [-0.2, 0) is 6.54 Å². The maximum atomic E-state index is 5.66. The van der Waals surface area contributed by atoms with E-state index in [4.69, 9.17) is 19.6 Å². The SMILES string of the molecule is COc1cc(C)c([C@@H]2CCCn3nc(-c4cnc(-n5cnc(C)c5)c(OC)n4)nc32)cc1C(C)C. The molecule has 5 rings (SSSR count). The Morgan fingerprint density at radius 2 is 1.89 bits per heavy atom. The van der Waals surface area contributed by atoms with Crippen LogP contribution in [0.25, 0.3) is 17.3 Å². The Bertz CT molecular complexity index is 1370. The lowest BCUT2D eigenvalue weighted by Gasteiger charge is -2.25. The number of hydrogen-bond acceptors (Lipinski definition) is 7. The van der Waals surface area contributed by atoms with Gasteiger partial charge in [0.15, 0.2) is 0 Å². The van der Waals surface area contributed by atoms with Crippen LogP contribution in [0, 0.1) is 13.8 Å². The van der Waals surface area contributed by atoms with E-state index in [1.165, 1.54) is 16.7 Å². The van der Waals surface area contributed by atoms with Crippen molar-refractivity contribution in [3.8, 4) is 29.0 Å². The fraction of sp³-hybridized carbons (Fsp3) is 0.423. The molecule has 0 saturated carbocycles. The van der Waals surface area contributed by atoms with Crippen LogP contribution in [0.15, 0.2) is 30.9 Å². The molecule has 0 fully saturated rings. The molecule has 0 spiro atoms. The number of aryl methyl sites for hydroxylation is 3. The molecule has 1 aromatic carbocycles. The lowest BCUT2D eigenvalue weighted by atomic mass is 9.85. The van der Waals surface area contributed by atoms with Crippen molar-refractivity contribution in [1.29, 1.82) is 0 Å². The third kappa shape index (κ3) is 4.15. The number of benzene rings is 1. The average molecular weight is 474 g/mol. The minimum Gasteiger partial charge on any atom is -0.496 e. The number of nitrogens with zero attached hydrogens (tertiary/aromatic N) is 7. The second-order valence-electron chi connectivity index (χ2n) is 9.33. The van der Waals surface area contributed by atoms with Gasteiger partial charge in [-0.3, -0.25) is 4.57 Å². The van der Waals surface area contributed by atoms with Crippen LogP contribution in [0.4, 0.5) is 0 Å². The first kappa shape index (κ1) is 23.0. The van der Waals surface area contributed by atoms with Crippen molar-refractivity contribution in [1.82, 2.24) is 34.3 Å². The molecule has 0 amide bonds. The van der Waals surface area contributed by atoms with E-state index in [1.807, 2.05) is 17.8 Å². The van der Waals surface area contributed by atoms with Crippen molar-refractivity contribution in [2.75, 3.05) is 14.2 Å². The molecule has 0 aliphatic carbocycles. The number of fused-ring (bicyclic) bond motifs is 1. The summed E-state index contributed by atoms with van der Waals surface area (Å²) in [5.41, 5.74) is 5.17. The van der Waals surface area contributed by atoms with E-state index in [0.29, 0.717) is 29.1 Å². The van der Waals surface area contributed by atoms with Gasteiger partial charge in [0, 0.05) is 18.7 Å². The van der Waals surface area contributed by atoms with Crippen molar-refractivity contribution in [2.24, 2.45) is 0 Å². The van der Waals surface area contributed by atoms with Gasteiger partial charge in [0.1, 0.15) is 23.6 Å². The van der Waals surface area contributed by atoms with Gasteiger partial charge in [-0.15, -0.1) is 5.10 Å². The number of imidazole rings is 1. The smallest absolute Gasteiger partial charge is 0.258 e. The molecule has 35 heavy (non-hydrogen) atoms. The minimum absolute atomic E-state index is 0.163. The number of ether oxygens (including phenoxy) is 2. The summed E-state index contributed by atoms with van der Waals surface area (Å²) < 4.78 is 15.0. The first-order valence-electron chi connectivity index (χ1n) is 11.9. The van der Waals surface area contributed by atoms with Gasteiger partial charge in [0.05, 0.1) is 26.1 Å². The molecule has 182 valence electrons. The minimum atomic E-state index is 0.163. The largest absolute Gasteiger partial charge is 0.496 e. The molecule has 0 radical (unpaired) electrons. The van der Waals surface area contributed by atoms with E-state index in [2.05, 4.69) is 47.9 Å². The summed E-state index contributed by atoms with van der Waals surface area (Å²) in [6.07, 6.45) is 7.34. The highest BCUT2D eigenvalue weighted by atomic mass is 16.5. The summed E-state index contributed by atoms with van der Waals surface area (Å²) in [6.45, 7) is 9.29. The lowest BCUT2D eigenvalue weighted by molar-refractivity contribution is 0.394. The Morgan fingerprint density at radius 3 is 2.57 bits per heavy atom. The van der Waals surface area contributed by atoms with Crippen molar-refractivity contribution in [3.05, 3.63) is 59.1 Å². The normalized spacial score (nSPS) is 15.3. The molecule has 0 unspecified atom stereocenters. The Kier molecular flexibility index (Phi) is 6.00. The standard InChI is InChI=1S/C26H31N7O2/c1-15(2)19-11-20(16(3)10-22(19)34-5)18-8-7-9-33-24(18)30-23(31-33)21-12-27-25(26(29-21)35-6)32-13-17(4)28-14-32/h10-15,18H,7-9H2,1-6H3/t18-/m0/s1. The Labute approximate surface area is 205 Å². The summed E-state index contributed by atoms with van der Waals surface area (Å²) in [5.74, 6) is 3.96. The molecule has 4 aromatic rings. The van der Waals surface area contributed by atoms with E-state index in [-0.39, 0.29) is 5.92 Å². The van der Waals surface area contributed by atoms with Crippen LogP contribution in [0.2, 0.25) is 0 Å². The molecule has 9 nitrogen and oxygen atoms in total. The fourth-order valence-corrected chi connectivity index (χ4v) is 4.80. The summed E-state index contributed by atoms with van der Waals surface area (Å²) in [7, 11) is 3.32. The molecule has 4 heterocycles. The first-order valence-corrected chi connectivity index (χ1v) is 11.9. The highest BCUT2D eigenvalue weighted by Gasteiger charge is 2.29. The van der Waals surface area contributed by atoms with Gasteiger partial charge < -0.3 is 9.47 Å². The van der Waals surface area contributed by atoms with Crippen LogP contribution in [0.5, 0.6) is 11.6 Å². The number of hydrogen-bond donors (Lipinski definition) is 0.